The van der Waals surface area contributed by atoms with Crippen LogP contribution in [0.5, 0.6) is 0 Å². The molecule has 0 saturated carbocycles. The van der Waals surface area contributed by atoms with Crippen LogP contribution in [-0.2, 0) is 6.54 Å². The lowest BCUT2D eigenvalue weighted by Gasteiger charge is -2.15. The fourth-order valence-electron chi connectivity index (χ4n) is 1.98. The first-order chi connectivity index (χ1) is 11.1. The van der Waals surface area contributed by atoms with Gasteiger partial charge in [-0.2, -0.15) is 5.10 Å². The molecule has 2 amide bonds. The number of para-hydroxylation sites is 1. The number of carbonyl (C=O) groups excluding carboxylic acids is 1. The number of halogens is 1. The largest absolute Gasteiger partial charge is 0.322 e. The van der Waals surface area contributed by atoms with E-state index >= 15 is 0 Å². The number of anilines is 1. The average Bonchev–Trinajstić information content (AvgIpc) is 3.19. The Morgan fingerprint density at radius 3 is 3.00 bits per heavy atom. The number of hydrogen-bond acceptors (Lipinski definition) is 4. The average molecular weight is 348 g/mol. The van der Waals surface area contributed by atoms with Gasteiger partial charge in [-0.15, -0.1) is 11.3 Å². The number of thiazole rings is 1. The highest BCUT2D eigenvalue weighted by atomic mass is 35.5. The van der Waals surface area contributed by atoms with Crippen molar-refractivity contribution < 1.29 is 4.79 Å². The van der Waals surface area contributed by atoms with Crippen molar-refractivity contribution in [3.8, 4) is 5.69 Å². The summed E-state index contributed by atoms with van der Waals surface area (Å²) in [4.78, 5) is 17.9. The minimum atomic E-state index is -0.223. The fourth-order valence-corrected chi connectivity index (χ4v) is 2.87. The number of amides is 2. The van der Waals surface area contributed by atoms with E-state index in [0.717, 1.165) is 10.7 Å². The number of rotatable bonds is 4. The minimum absolute atomic E-state index is 0.223. The van der Waals surface area contributed by atoms with E-state index in [2.05, 4.69) is 15.4 Å². The highest BCUT2D eigenvalue weighted by Gasteiger charge is 2.12. The van der Waals surface area contributed by atoms with Crippen LogP contribution in [0.4, 0.5) is 10.5 Å². The molecule has 8 heteroatoms. The molecule has 118 valence electrons. The van der Waals surface area contributed by atoms with E-state index in [4.69, 9.17) is 11.6 Å². The van der Waals surface area contributed by atoms with Crippen molar-refractivity contribution in [1.29, 1.82) is 0 Å². The van der Waals surface area contributed by atoms with Crippen LogP contribution in [0.15, 0.2) is 48.2 Å². The van der Waals surface area contributed by atoms with Crippen molar-refractivity contribution in [3.63, 3.8) is 0 Å². The highest BCUT2D eigenvalue weighted by Crippen LogP contribution is 2.20. The maximum Gasteiger partial charge on any atom is 0.322 e. The topological polar surface area (TPSA) is 63.1 Å². The van der Waals surface area contributed by atoms with E-state index in [-0.39, 0.29) is 6.03 Å². The lowest BCUT2D eigenvalue weighted by molar-refractivity contribution is 0.220. The Morgan fingerprint density at radius 1 is 1.43 bits per heavy atom. The summed E-state index contributed by atoms with van der Waals surface area (Å²) in [6.07, 6.45) is 5.02. The van der Waals surface area contributed by atoms with Crippen molar-refractivity contribution in [1.82, 2.24) is 19.7 Å². The molecule has 0 unspecified atom stereocenters. The zero-order valence-corrected chi connectivity index (χ0v) is 13.9. The standard InChI is InChI=1S/C15H14ClN5OS/c1-20(10-14-17-6-7-23-14)15(22)19-11-8-18-21(9-11)13-5-3-2-4-12(13)16/h2-9H,10H2,1H3,(H,19,22). The minimum Gasteiger partial charge on any atom is -0.321 e. The number of benzene rings is 1. The zero-order valence-electron chi connectivity index (χ0n) is 12.3. The molecule has 0 radical (unpaired) electrons. The first-order valence-corrected chi connectivity index (χ1v) is 8.09. The molecule has 0 saturated heterocycles. The SMILES string of the molecule is CN(Cc1nccs1)C(=O)Nc1cnn(-c2ccccc2Cl)c1. The van der Waals surface area contributed by atoms with E-state index in [1.807, 2.05) is 23.6 Å². The van der Waals surface area contributed by atoms with Gasteiger partial charge in [0, 0.05) is 18.6 Å². The smallest absolute Gasteiger partial charge is 0.321 e. The molecule has 0 fully saturated rings. The molecule has 0 aliphatic carbocycles. The molecule has 0 aliphatic heterocycles. The summed E-state index contributed by atoms with van der Waals surface area (Å²) in [6.45, 7) is 0.460. The van der Waals surface area contributed by atoms with Gasteiger partial charge in [0.2, 0.25) is 0 Å². The highest BCUT2D eigenvalue weighted by molar-refractivity contribution is 7.09. The van der Waals surface area contributed by atoms with Gasteiger partial charge in [-0.1, -0.05) is 23.7 Å². The number of carbonyl (C=O) groups is 1. The van der Waals surface area contributed by atoms with Gasteiger partial charge in [-0.05, 0) is 12.1 Å². The molecule has 23 heavy (non-hydrogen) atoms. The molecule has 0 bridgehead atoms. The first-order valence-electron chi connectivity index (χ1n) is 6.83. The lowest BCUT2D eigenvalue weighted by Crippen LogP contribution is -2.30. The molecular formula is C15H14ClN5OS. The van der Waals surface area contributed by atoms with Crippen LogP contribution in [0.1, 0.15) is 5.01 Å². The van der Waals surface area contributed by atoms with Crippen molar-refractivity contribution >= 4 is 34.7 Å². The monoisotopic (exact) mass is 347 g/mol. The second-order valence-corrected chi connectivity index (χ2v) is 6.22. The maximum absolute atomic E-state index is 12.2. The summed E-state index contributed by atoms with van der Waals surface area (Å²) in [5.74, 6) is 0. The van der Waals surface area contributed by atoms with Crippen LogP contribution in [0, 0.1) is 0 Å². The molecule has 0 aliphatic rings. The second-order valence-electron chi connectivity index (χ2n) is 4.84. The third-order valence-corrected chi connectivity index (χ3v) is 4.22. The first kappa shape index (κ1) is 15.5. The summed E-state index contributed by atoms with van der Waals surface area (Å²) < 4.78 is 1.62. The quantitative estimate of drug-likeness (QED) is 0.783. The summed E-state index contributed by atoms with van der Waals surface area (Å²) in [6, 6.07) is 7.15. The van der Waals surface area contributed by atoms with Gasteiger partial charge in [-0.3, -0.25) is 0 Å². The summed E-state index contributed by atoms with van der Waals surface area (Å²) in [7, 11) is 1.72. The maximum atomic E-state index is 12.2. The number of urea groups is 1. The summed E-state index contributed by atoms with van der Waals surface area (Å²) >= 11 is 7.66. The van der Waals surface area contributed by atoms with E-state index in [0.29, 0.717) is 17.3 Å². The van der Waals surface area contributed by atoms with Gasteiger partial charge >= 0.3 is 6.03 Å². The molecule has 3 aromatic rings. The molecule has 0 spiro atoms. The summed E-state index contributed by atoms with van der Waals surface area (Å²) in [5.41, 5.74) is 1.35. The molecule has 2 aromatic heterocycles. The molecule has 1 aromatic carbocycles. The van der Waals surface area contributed by atoms with Crippen LogP contribution >= 0.6 is 22.9 Å². The van der Waals surface area contributed by atoms with Crippen LogP contribution in [0.2, 0.25) is 5.02 Å². The van der Waals surface area contributed by atoms with Gasteiger partial charge in [0.25, 0.3) is 0 Å². The van der Waals surface area contributed by atoms with Crippen LogP contribution < -0.4 is 5.32 Å². The van der Waals surface area contributed by atoms with Gasteiger partial charge in [0.15, 0.2) is 0 Å². The zero-order chi connectivity index (χ0) is 16.2. The normalized spacial score (nSPS) is 10.5. The Labute approximate surface area is 142 Å². The number of nitrogens with one attached hydrogen (secondary N) is 1. The molecule has 2 heterocycles. The Balaban J connectivity index is 1.67. The predicted molar refractivity (Wildman–Crippen MR) is 91.2 cm³/mol. The molecule has 3 rings (SSSR count). The van der Waals surface area contributed by atoms with Gasteiger partial charge in [0.1, 0.15) is 5.01 Å². The van der Waals surface area contributed by atoms with Gasteiger partial charge in [-0.25, -0.2) is 14.5 Å². The van der Waals surface area contributed by atoms with Crippen molar-refractivity contribution in [2.45, 2.75) is 6.54 Å². The molecule has 1 N–H and O–H groups in total. The molecule has 6 nitrogen and oxygen atoms in total. The lowest BCUT2D eigenvalue weighted by atomic mass is 10.3. The van der Waals surface area contributed by atoms with Gasteiger partial charge in [0.05, 0.1) is 35.3 Å². The number of nitrogens with zero attached hydrogens (tertiary/aromatic N) is 4. The Bertz CT molecular complexity index is 802. The van der Waals surface area contributed by atoms with Crippen LogP contribution in [0.3, 0.4) is 0 Å². The van der Waals surface area contributed by atoms with Gasteiger partial charge < -0.3 is 10.2 Å². The summed E-state index contributed by atoms with van der Waals surface area (Å²) in [5, 5.41) is 10.4. The van der Waals surface area contributed by atoms with Crippen molar-refractivity contribution in [2.24, 2.45) is 0 Å². The second kappa shape index (κ2) is 6.80. The Morgan fingerprint density at radius 2 is 2.26 bits per heavy atom. The third-order valence-electron chi connectivity index (χ3n) is 3.14. The third kappa shape index (κ3) is 3.69. The van der Waals surface area contributed by atoms with E-state index in [1.54, 1.807) is 41.3 Å². The van der Waals surface area contributed by atoms with E-state index in [1.165, 1.54) is 11.3 Å². The number of aromatic nitrogens is 3. The van der Waals surface area contributed by atoms with Crippen LogP contribution in [0.25, 0.3) is 5.69 Å². The predicted octanol–water partition coefficient (Wildman–Crippen LogP) is 3.65. The molecular weight excluding hydrogens is 334 g/mol. The fraction of sp³-hybridized carbons (Fsp3) is 0.133. The van der Waals surface area contributed by atoms with E-state index < -0.39 is 0 Å². The molecule has 0 atom stereocenters. The number of hydrogen-bond donors (Lipinski definition) is 1. The van der Waals surface area contributed by atoms with Crippen molar-refractivity contribution in [2.75, 3.05) is 12.4 Å². The Hall–Kier alpha value is -2.38. The van der Waals surface area contributed by atoms with Crippen molar-refractivity contribution in [3.05, 3.63) is 58.3 Å². The Kier molecular flexibility index (Phi) is 4.59. The van der Waals surface area contributed by atoms with E-state index in [9.17, 15) is 4.79 Å². The van der Waals surface area contributed by atoms with Crippen LogP contribution in [-0.4, -0.2) is 32.7 Å².